The van der Waals surface area contributed by atoms with E-state index in [1.165, 1.54) is 0 Å². The van der Waals surface area contributed by atoms with Gasteiger partial charge in [-0.2, -0.15) is 0 Å². The zero-order valence-corrected chi connectivity index (χ0v) is 24.0. The summed E-state index contributed by atoms with van der Waals surface area (Å²) in [5.41, 5.74) is 1.69. The summed E-state index contributed by atoms with van der Waals surface area (Å²) >= 11 is 0. The van der Waals surface area contributed by atoms with Gasteiger partial charge in [-0.3, -0.25) is 4.79 Å². The summed E-state index contributed by atoms with van der Waals surface area (Å²) in [6, 6.07) is 16.4. The number of carbonyl (C=O) groups excluding carboxylic acids is 1. The average molecular weight is 575 g/mol. The minimum absolute atomic E-state index is 0.00835. The molecule has 0 bridgehead atoms. The molecule has 2 fully saturated rings. The molecule has 2 aromatic carbocycles. The van der Waals surface area contributed by atoms with Gasteiger partial charge in [-0.1, -0.05) is 61.7 Å². The summed E-state index contributed by atoms with van der Waals surface area (Å²) in [5, 5.41) is 13.9. The van der Waals surface area contributed by atoms with Gasteiger partial charge < -0.3 is 20.1 Å². The Morgan fingerprint density at radius 3 is 2.45 bits per heavy atom. The first-order valence-corrected chi connectivity index (χ1v) is 16.3. The number of nitrogens with zero attached hydrogens (tertiary/aromatic N) is 1. The van der Waals surface area contributed by atoms with E-state index in [9.17, 15) is 22.7 Å². The number of sulfone groups is 1. The number of alkyl halides is 1. The fourth-order valence-electron chi connectivity index (χ4n) is 5.66. The summed E-state index contributed by atoms with van der Waals surface area (Å²) in [4.78, 5) is 14.9. The molecule has 9 heteroatoms. The fraction of sp³-hybridized carbons (Fsp3) is 0.581. The first-order chi connectivity index (χ1) is 19.3. The molecule has 40 heavy (non-hydrogen) atoms. The van der Waals surface area contributed by atoms with Crippen molar-refractivity contribution in [2.75, 3.05) is 25.4 Å². The van der Waals surface area contributed by atoms with Gasteiger partial charge in [0.25, 0.3) is 0 Å². The number of amides is 1. The smallest absolute Gasteiger partial charge is 0.220 e. The molecule has 3 atom stereocenters. The molecule has 1 saturated carbocycles. The third-order valence-electron chi connectivity index (χ3n) is 8.06. The van der Waals surface area contributed by atoms with Crippen molar-refractivity contribution >= 4 is 15.7 Å². The molecule has 7 nitrogen and oxygen atoms in total. The number of ether oxygens (including phenoxy) is 1. The minimum atomic E-state index is -3.20. The van der Waals surface area contributed by atoms with Crippen molar-refractivity contribution in [2.24, 2.45) is 0 Å². The Morgan fingerprint density at radius 2 is 1.77 bits per heavy atom. The highest BCUT2D eigenvalue weighted by atomic mass is 32.2. The predicted molar refractivity (Wildman–Crippen MR) is 155 cm³/mol. The lowest BCUT2D eigenvalue weighted by Gasteiger charge is -2.27. The Balaban J connectivity index is 1.32. The highest BCUT2D eigenvalue weighted by molar-refractivity contribution is 7.92. The largest absolute Gasteiger partial charge is 0.489 e. The zero-order chi connectivity index (χ0) is 28.4. The number of aliphatic hydroxyl groups is 1. The SMILES string of the molecule is O=C(CCCS(=O)(=O)C1CCCCC1)N[C@H](CCN1CC[C@@H](F)C1)[C@H](O)c1ccc(OCc2ccccc2)cc1. The minimum Gasteiger partial charge on any atom is -0.489 e. The first-order valence-electron chi connectivity index (χ1n) is 14.6. The standard InChI is InChI=1S/C31H43FN2O5S/c32-26-17-19-34(22-26)20-18-29(33-30(35)12-7-21-40(37,38)28-10-5-2-6-11-28)31(36)25-13-15-27(16-14-25)39-23-24-8-3-1-4-9-24/h1,3-4,8-9,13-16,26,28-29,31,36H,2,5-7,10-12,17-23H2,(H,33,35)/t26-,29-,31-/m1/s1. The molecule has 1 aliphatic carbocycles. The van der Waals surface area contributed by atoms with Crippen molar-refractivity contribution in [3.8, 4) is 5.75 Å². The fourth-order valence-corrected chi connectivity index (χ4v) is 7.59. The molecule has 0 aromatic heterocycles. The number of benzene rings is 2. The molecule has 4 rings (SSSR count). The summed E-state index contributed by atoms with van der Waals surface area (Å²) in [6.45, 7) is 2.01. The van der Waals surface area contributed by atoms with E-state index in [1.807, 2.05) is 35.2 Å². The molecule has 220 valence electrons. The molecule has 1 aliphatic heterocycles. The van der Waals surface area contributed by atoms with Gasteiger partial charge in [0.15, 0.2) is 9.84 Å². The van der Waals surface area contributed by atoms with Gasteiger partial charge in [0, 0.05) is 26.1 Å². The van der Waals surface area contributed by atoms with Crippen molar-refractivity contribution in [1.82, 2.24) is 10.2 Å². The van der Waals surface area contributed by atoms with E-state index in [1.54, 1.807) is 24.3 Å². The van der Waals surface area contributed by atoms with Gasteiger partial charge >= 0.3 is 0 Å². The van der Waals surface area contributed by atoms with E-state index >= 15 is 0 Å². The number of aliphatic hydroxyl groups excluding tert-OH is 1. The van der Waals surface area contributed by atoms with Crippen molar-refractivity contribution < 1.29 is 27.4 Å². The molecule has 1 saturated heterocycles. The lowest BCUT2D eigenvalue weighted by molar-refractivity contribution is -0.122. The molecule has 2 aromatic rings. The van der Waals surface area contributed by atoms with Crippen LogP contribution < -0.4 is 10.1 Å². The van der Waals surface area contributed by atoms with Gasteiger partial charge in [0.05, 0.1) is 23.1 Å². The summed E-state index contributed by atoms with van der Waals surface area (Å²) in [5.74, 6) is 0.398. The van der Waals surface area contributed by atoms with E-state index in [4.69, 9.17) is 4.74 Å². The predicted octanol–water partition coefficient (Wildman–Crippen LogP) is 4.75. The zero-order valence-electron chi connectivity index (χ0n) is 23.2. The van der Waals surface area contributed by atoms with Crippen LogP contribution in [0.4, 0.5) is 4.39 Å². The van der Waals surface area contributed by atoms with Crippen LogP contribution in [-0.4, -0.2) is 67.2 Å². The molecule has 2 aliphatic rings. The summed E-state index contributed by atoms with van der Waals surface area (Å²) in [7, 11) is -3.20. The van der Waals surface area contributed by atoms with Crippen molar-refractivity contribution in [1.29, 1.82) is 0 Å². The Labute approximate surface area is 238 Å². The van der Waals surface area contributed by atoms with E-state index in [0.29, 0.717) is 50.4 Å². The van der Waals surface area contributed by atoms with Crippen molar-refractivity contribution in [3.63, 3.8) is 0 Å². The summed E-state index contributed by atoms with van der Waals surface area (Å²) in [6.07, 6.45) is 3.90. The van der Waals surface area contributed by atoms with Gasteiger partial charge in [-0.25, -0.2) is 12.8 Å². The maximum Gasteiger partial charge on any atom is 0.220 e. The van der Waals surface area contributed by atoms with Crippen LogP contribution in [0.25, 0.3) is 0 Å². The maximum absolute atomic E-state index is 13.7. The topological polar surface area (TPSA) is 95.9 Å². The third-order valence-corrected chi connectivity index (χ3v) is 10.4. The van der Waals surface area contributed by atoms with Crippen molar-refractivity contribution in [3.05, 3.63) is 65.7 Å². The van der Waals surface area contributed by atoms with Crippen LogP contribution in [0.2, 0.25) is 0 Å². The maximum atomic E-state index is 13.7. The number of halogens is 1. The highest BCUT2D eigenvalue weighted by Gasteiger charge is 2.29. The van der Waals surface area contributed by atoms with E-state index < -0.39 is 28.2 Å². The second-order valence-corrected chi connectivity index (χ2v) is 13.6. The highest BCUT2D eigenvalue weighted by Crippen LogP contribution is 2.26. The Kier molecular flexibility index (Phi) is 11.4. The van der Waals surface area contributed by atoms with Crippen LogP contribution in [-0.2, 0) is 21.2 Å². The molecule has 1 heterocycles. The molecule has 0 radical (unpaired) electrons. The van der Waals surface area contributed by atoms with Crippen LogP contribution in [0.15, 0.2) is 54.6 Å². The second kappa shape index (κ2) is 14.9. The average Bonchev–Trinajstić information content (AvgIpc) is 3.40. The number of carbonyl (C=O) groups is 1. The van der Waals surface area contributed by atoms with Crippen LogP contribution >= 0.6 is 0 Å². The molecular weight excluding hydrogens is 531 g/mol. The molecule has 2 N–H and O–H groups in total. The number of rotatable bonds is 14. The normalized spacial score (nSPS) is 20.2. The van der Waals surface area contributed by atoms with Crippen LogP contribution in [0.1, 0.15) is 75.0 Å². The Bertz CT molecular complexity index is 1160. The quantitative estimate of drug-likeness (QED) is 0.338. The third kappa shape index (κ3) is 9.28. The monoisotopic (exact) mass is 574 g/mol. The molecule has 0 unspecified atom stereocenters. The Hall–Kier alpha value is -2.49. The van der Waals surface area contributed by atoms with Crippen LogP contribution in [0, 0.1) is 0 Å². The van der Waals surface area contributed by atoms with Crippen molar-refractivity contribution in [2.45, 2.75) is 88.0 Å². The van der Waals surface area contributed by atoms with E-state index in [-0.39, 0.29) is 29.8 Å². The lowest BCUT2D eigenvalue weighted by atomic mass is 9.99. The van der Waals surface area contributed by atoms with Gasteiger partial charge in [-0.15, -0.1) is 0 Å². The number of likely N-dealkylation sites (tertiary alicyclic amines) is 1. The molecule has 1 amide bonds. The van der Waals surface area contributed by atoms with Gasteiger partial charge in [0.1, 0.15) is 18.5 Å². The second-order valence-electron chi connectivity index (χ2n) is 11.2. The van der Waals surface area contributed by atoms with Crippen LogP contribution in [0.5, 0.6) is 5.75 Å². The number of nitrogens with one attached hydrogen (secondary N) is 1. The van der Waals surface area contributed by atoms with Crippen LogP contribution in [0.3, 0.4) is 0 Å². The molecular formula is C31H43FN2O5S. The van der Waals surface area contributed by atoms with Gasteiger partial charge in [-0.05, 0) is 55.4 Å². The first kappa shape index (κ1) is 30.5. The molecule has 0 spiro atoms. The van der Waals surface area contributed by atoms with E-state index in [0.717, 1.165) is 37.7 Å². The summed E-state index contributed by atoms with van der Waals surface area (Å²) < 4.78 is 44.9. The lowest BCUT2D eigenvalue weighted by Crippen LogP contribution is -2.41. The number of hydrogen-bond acceptors (Lipinski definition) is 6. The Morgan fingerprint density at radius 1 is 1.05 bits per heavy atom. The van der Waals surface area contributed by atoms with Gasteiger partial charge in [0.2, 0.25) is 5.91 Å². The van der Waals surface area contributed by atoms with E-state index in [2.05, 4.69) is 5.32 Å². The number of hydrogen-bond donors (Lipinski definition) is 2.